The number of carbonyl (C=O) groups excluding carboxylic acids is 2. The number of ether oxygens (including phenoxy) is 1. The molecule has 174 valence electrons. The van der Waals surface area contributed by atoms with E-state index in [1.165, 1.54) is 0 Å². The lowest BCUT2D eigenvalue weighted by Gasteiger charge is -2.31. The van der Waals surface area contributed by atoms with Crippen molar-refractivity contribution in [3.8, 4) is 5.75 Å². The summed E-state index contributed by atoms with van der Waals surface area (Å²) in [5, 5.41) is 0. The molecule has 1 unspecified atom stereocenters. The van der Waals surface area contributed by atoms with E-state index in [1.807, 2.05) is 54.0 Å². The number of primary amides is 1. The molecule has 1 aliphatic rings. The van der Waals surface area contributed by atoms with Crippen molar-refractivity contribution in [1.29, 1.82) is 0 Å². The molecule has 1 saturated heterocycles. The Balaban J connectivity index is 1.63. The van der Waals surface area contributed by atoms with Crippen LogP contribution in [0.2, 0.25) is 0 Å². The summed E-state index contributed by atoms with van der Waals surface area (Å²) in [6, 6.07) is 11.7. The van der Waals surface area contributed by atoms with Crippen LogP contribution in [0.15, 0.2) is 42.6 Å². The van der Waals surface area contributed by atoms with E-state index in [0.717, 1.165) is 47.7 Å². The predicted molar refractivity (Wildman–Crippen MR) is 127 cm³/mol. The van der Waals surface area contributed by atoms with Gasteiger partial charge in [-0.2, -0.15) is 0 Å². The van der Waals surface area contributed by atoms with E-state index in [4.69, 9.17) is 15.5 Å². The molecule has 4 rings (SSSR count). The Morgan fingerprint density at radius 3 is 2.64 bits per heavy atom. The van der Waals surface area contributed by atoms with Crippen LogP contribution in [-0.4, -0.2) is 53.3 Å². The van der Waals surface area contributed by atoms with Crippen molar-refractivity contribution in [3.05, 3.63) is 59.4 Å². The van der Waals surface area contributed by atoms with Gasteiger partial charge in [-0.05, 0) is 49.1 Å². The van der Waals surface area contributed by atoms with Gasteiger partial charge in [-0.25, -0.2) is 4.98 Å². The van der Waals surface area contributed by atoms with Gasteiger partial charge in [-0.15, -0.1) is 0 Å². The van der Waals surface area contributed by atoms with Crippen LogP contribution in [-0.2, 0) is 17.8 Å². The minimum atomic E-state index is -0.340. The number of aryl methyl sites for hydroxylation is 1. The standard InChI is InChI=1S/C25H31N5O3/c1-4-21-24(28(2)14-17-7-10-20(33-3)11-8-17)30-16-19(9-12-22(30)27-21)25(32)29-13-5-6-18(15-29)23(26)31/h7-12,16,18H,4-6,13-15H2,1-3H3,(H2,26,31). The highest BCUT2D eigenvalue weighted by Crippen LogP contribution is 2.26. The van der Waals surface area contributed by atoms with Crippen LogP contribution >= 0.6 is 0 Å². The second-order valence-electron chi connectivity index (χ2n) is 8.58. The first kappa shape index (κ1) is 22.6. The van der Waals surface area contributed by atoms with Gasteiger partial charge < -0.3 is 20.3 Å². The molecule has 0 bridgehead atoms. The molecule has 3 heterocycles. The number of piperidine rings is 1. The van der Waals surface area contributed by atoms with E-state index in [0.29, 0.717) is 25.2 Å². The van der Waals surface area contributed by atoms with Gasteiger partial charge in [-0.1, -0.05) is 19.1 Å². The van der Waals surface area contributed by atoms with Crippen molar-refractivity contribution in [3.63, 3.8) is 0 Å². The molecule has 0 saturated carbocycles. The third kappa shape index (κ3) is 4.65. The number of benzene rings is 1. The SMILES string of the molecule is CCc1nc2ccc(C(=O)N3CCCC(C(N)=O)C3)cn2c1N(C)Cc1ccc(OC)cc1. The van der Waals surface area contributed by atoms with Crippen molar-refractivity contribution >= 4 is 23.3 Å². The van der Waals surface area contributed by atoms with E-state index in [9.17, 15) is 9.59 Å². The van der Waals surface area contributed by atoms with Crippen molar-refractivity contribution < 1.29 is 14.3 Å². The number of carbonyl (C=O) groups is 2. The number of anilines is 1. The Kier molecular flexibility index (Phi) is 6.53. The van der Waals surface area contributed by atoms with Gasteiger partial charge in [0.15, 0.2) is 0 Å². The van der Waals surface area contributed by atoms with E-state index in [1.54, 1.807) is 12.0 Å². The van der Waals surface area contributed by atoms with Crippen LogP contribution in [0.4, 0.5) is 5.82 Å². The highest BCUT2D eigenvalue weighted by atomic mass is 16.5. The average Bonchev–Trinajstić information content (AvgIpc) is 3.22. The van der Waals surface area contributed by atoms with Crippen molar-refractivity contribution in [2.24, 2.45) is 11.7 Å². The number of nitrogens with two attached hydrogens (primary N) is 1. The zero-order chi connectivity index (χ0) is 23.5. The third-order valence-electron chi connectivity index (χ3n) is 6.30. The summed E-state index contributed by atoms with van der Waals surface area (Å²) in [6.07, 6.45) is 4.15. The maximum atomic E-state index is 13.2. The van der Waals surface area contributed by atoms with Crippen LogP contribution in [0.3, 0.4) is 0 Å². The van der Waals surface area contributed by atoms with E-state index < -0.39 is 0 Å². The summed E-state index contributed by atoms with van der Waals surface area (Å²) in [7, 11) is 3.69. The lowest BCUT2D eigenvalue weighted by Crippen LogP contribution is -2.44. The van der Waals surface area contributed by atoms with Crippen molar-refractivity contribution in [1.82, 2.24) is 14.3 Å². The summed E-state index contributed by atoms with van der Waals surface area (Å²) in [4.78, 5) is 33.5. The van der Waals surface area contributed by atoms with Crippen LogP contribution < -0.4 is 15.4 Å². The first-order valence-electron chi connectivity index (χ1n) is 11.3. The second kappa shape index (κ2) is 9.52. The molecule has 1 atom stereocenters. The topological polar surface area (TPSA) is 93.2 Å². The number of imidazole rings is 1. The number of amides is 2. The van der Waals surface area contributed by atoms with Gasteiger partial charge in [0, 0.05) is 32.9 Å². The van der Waals surface area contributed by atoms with Gasteiger partial charge in [-0.3, -0.25) is 14.0 Å². The highest BCUT2D eigenvalue weighted by Gasteiger charge is 2.28. The van der Waals surface area contributed by atoms with Crippen LogP contribution in [0.25, 0.3) is 5.65 Å². The van der Waals surface area contributed by atoms with Crippen LogP contribution in [0.5, 0.6) is 5.75 Å². The fraction of sp³-hybridized carbons (Fsp3) is 0.400. The minimum Gasteiger partial charge on any atom is -0.497 e. The third-order valence-corrected chi connectivity index (χ3v) is 6.30. The Bertz CT molecular complexity index is 1150. The molecule has 2 aromatic heterocycles. The molecule has 1 aromatic carbocycles. The number of hydrogen-bond donors (Lipinski definition) is 1. The maximum Gasteiger partial charge on any atom is 0.255 e. The van der Waals surface area contributed by atoms with Gasteiger partial charge in [0.25, 0.3) is 5.91 Å². The minimum absolute atomic E-state index is 0.0849. The maximum absolute atomic E-state index is 13.2. The number of aromatic nitrogens is 2. The Hall–Kier alpha value is -3.55. The molecule has 33 heavy (non-hydrogen) atoms. The smallest absolute Gasteiger partial charge is 0.255 e. The van der Waals surface area contributed by atoms with Crippen LogP contribution in [0, 0.1) is 5.92 Å². The van der Waals surface area contributed by atoms with Gasteiger partial charge in [0.1, 0.15) is 17.2 Å². The monoisotopic (exact) mass is 449 g/mol. The first-order chi connectivity index (χ1) is 15.9. The molecule has 8 nitrogen and oxygen atoms in total. The Morgan fingerprint density at radius 1 is 1.21 bits per heavy atom. The zero-order valence-electron chi connectivity index (χ0n) is 19.5. The summed E-state index contributed by atoms with van der Waals surface area (Å²) in [6.45, 7) is 3.78. The largest absolute Gasteiger partial charge is 0.497 e. The molecular weight excluding hydrogens is 418 g/mol. The van der Waals surface area contributed by atoms with Gasteiger partial charge >= 0.3 is 0 Å². The molecule has 1 aliphatic heterocycles. The molecule has 0 radical (unpaired) electrons. The number of methoxy groups -OCH3 is 1. The summed E-state index contributed by atoms with van der Waals surface area (Å²) < 4.78 is 7.25. The number of likely N-dealkylation sites (tertiary alicyclic amines) is 1. The van der Waals surface area contributed by atoms with E-state index in [2.05, 4.69) is 11.8 Å². The van der Waals surface area contributed by atoms with Crippen molar-refractivity contribution in [2.45, 2.75) is 32.7 Å². The normalized spacial score (nSPS) is 16.1. The van der Waals surface area contributed by atoms with Crippen molar-refractivity contribution in [2.75, 3.05) is 32.1 Å². The summed E-state index contributed by atoms with van der Waals surface area (Å²) in [5.41, 5.74) is 8.99. The van der Waals surface area contributed by atoms with Gasteiger partial charge in [0.05, 0.1) is 24.3 Å². The fourth-order valence-electron chi connectivity index (χ4n) is 4.50. The molecular formula is C25H31N5O3. The molecule has 0 aliphatic carbocycles. The summed E-state index contributed by atoms with van der Waals surface area (Å²) >= 11 is 0. The number of nitrogens with zero attached hydrogens (tertiary/aromatic N) is 4. The average molecular weight is 450 g/mol. The second-order valence-corrected chi connectivity index (χ2v) is 8.58. The molecule has 2 amide bonds. The van der Waals surface area contributed by atoms with E-state index in [-0.39, 0.29) is 17.7 Å². The molecule has 1 fully saturated rings. The zero-order valence-corrected chi connectivity index (χ0v) is 19.5. The predicted octanol–water partition coefficient (Wildman–Crippen LogP) is 2.88. The quantitative estimate of drug-likeness (QED) is 0.599. The molecule has 2 N–H and O–H groups in total. The molecule has 8 heteroatoms. The Morgan fingerprint density at radius 2 is 1.97 bits per heavy atom. The first-order valence-corrected chi connectivity index (χ1v) is 11.3. The van der Waals surface area contributed by atoms with Gasteiger partial charge in [0.2, 0.25) is 5.91 Å². The van der Waals surface area contributed by atoms with Crippen LogP contribution in [0.1, 0.15) is 41.4 Å². The number of pyridine rings is 1. The fourth-order valence-corrected chi connectivity index (χ4v) is 4.50. The molecule has 3 aromatic rings. The van der Waals surface area contributed by atoms with E-state index >= 15 is 0 Å². The number of fused-ring (bicyclic) bond motifs is 1. The highest BCUT2D eigenvalue weighted by molar-refractivity contribution is 5.95. The Labute approximate surface area is 193 Å². The lowest BCUT2D eigenvalue weighted by molar-refractivity contribution is -0.123. The molecule has 0 spiro atoms. The summed E-state index contributed by atoms with van der Waals surface area (Å²) in [5.74, 6) is 1.08. The number of hydrogen-bond acceptors (Lipinski definition) is 5. The lowest BCUT2D eigenvalue weighted by atomic mass is 9.97. The number of rotatable bonds is 7.